The molecule has 104 valence electrons. The summed E-state index contributed by atoms with van der Waals surface area (Å²) in [6.45, 7) is 5.89. The minimum atomic E-state index is 0.419. The van der Waals surface area contributed by atoms with Crippen LogP contribution in [0.15, 0.2) is 30.3 Å². The Kier molecular flexibility index (Phi) is 4.16. The summed E-state index contributed by atoms with van der Waals surface area (Å²) >= 11 is 0. The lowest BCUT2D eigenvalue weighted by Gasteiger charge is -2.36. The molecule has 0 unspecified atom stereocenters. The maximum Gasteiger partial charge on any atom is 0.0233 e. The summed E-state index contributed by atoms with van der Waals surface area (Å²) in [7, 11) is 0. The van der Waals surface area contributed by atoms with Crippen molar-refractivity contribution in [3.05, 3.63) is 35.9 Å². The maximum absolute atomic E-state index is 6.01. The molecule has 0 bridgehead atoms. The fourth-order valence-electron chi connectivity index (χ4n) is 3.43. The highest BCUT2D eigenvalue weighted by Gasteiger charge is 2.28. The number of likely N-dealkylation sites (tertiary alicyclic amines) is 2. The average molecular weight is 259 g/mol. The predicted octanol–water partition coefficient (Wildman–Crippen LogP) is 1.68. The van der Waals surface area contributed by atoms with Crippen LogP contribution in [0.3, 0.4) is 0 Å². The summed E-state index contributed by atoms with van der Waals surface area (Å²) in [5.41, 5.74) is 7.44. The van der Waals surface area contributed by atoms with E-state index in [0.717, 1.165) is 19.1 Å². The highest BCUT2D eigenvalue weighted by Crippen LogP contribution is 2.21. The number of benzene rings is 1. The van der Waals surface area contributed by atoms with Crippen LogP contribution in [-0.4, -0.2) is 48.1 Å². The number of hydrogen-bond donors (Lipinski definition) is 1. The van der Waals surface area contributed by atoms with Gasteiger partial charge in [0, 0.05) is 31.7 Å². The molecule has 2 saturated heterocycles. The van der Waals surface area contributed by atoms with Crippen LogP contribution < -0.4 is 5.73 Å². The molecule has 2 N–H and O–H groups in total. The summed E-state index contributed by atoms with van der Waals surface area (Å²) in [5, 5.41) is 0. The number of piperidine rings is 1. The van der Waals surface area contributed by atoms with Gasteiger partial charge in [0.1, 0.15) is 0 Å². The lowest BCUT2D eigenvalue weighted by molar-refractivity contribution is 0.122. The highest BCUT2D eigenvalue weighted by molar-refractivity contribution is 5.14. The van der Waals surface area contributed by atoms with E-state index in [1.54, 1.807) is 0 Å². The van der Waals surface area contributed by atoms with E-state index in [1.165, 1.54) is 44.5 Å². The summed E-state index contributed by atoms with van der Waals surface area (Å²) < 4.78 is 0. The van der Waals surface area contributed by atoms with Crippen LogP contribution in [-0.2, 0) is 6.54 Å². The Morgan fingerprint density at radius 1 is 1.00 bits per heavy atom. The van der Waals surface area contributed by atoms with Crippen molar-refractivity contribution in [2.24, 2.45) is 5.73 Å². The zero-order valence-corrected chi connectivity index (χ0v) is 11.7. The lowest BCUT2D eigenvalue weighted by Crippen LogP contribution is -2.44. The summed E-state index contributed by atoms with van der Waals surface area (Å²) in [6.07, 6.45) is 3.79. The van der Waals surface area contributed by atoms with Gasteiger partial charge in [0.2, 0.25) is 0 Å². The van der Waals surface area contributed by atoms with Crippen molar-refractivity contribution in [2.75, 3.05) is 26.2 Å². The predicted molar refractivity (Wildman–Crippen MR) is 78.9 cm³/mol. The fourth-order valence-corrected chi connectivity index (χ4v) is 3.43. The van der Waals surface area contributed by atoms with Gasteiger partial charge in [-0.2, -0.15) is 0 Å². The molecule has 0 amide bonds. The van der Waals surface area contributed by atoms with Gasteiger partial charge in [0.05, 0.1) is 0 Å². The van der Waals surface area contributed by atoms with E-state index in [4.69, 9.17) is 5.73 Å². The standard InChI is InChI=1S/C16H25N3/c17-15-6-11-19(13-15)16-7-9-18(10-8-16)12-14-4-2-1-3-5-14/h1-5,15-16H,6-13,17H2/t15-/m0/s1. The zero-order chi connectivity index (χ0) is 13.1. The average Bonchev–Trinajstić information content (AvgIpc) is 2.87. The third kappa shape index (κ3) is 3.35. The van der Waals surface area contributed by atoms with Gasteiger partial charge in [-0.3, -0.25) is 9.80 Å². The van der Waals surface area contributed by atoms with Gasteiger partial charge in [-0.15, -0.1) is 0 Å². The van der Waals surface area contributed by atoms with E-state index < -0.39 is 0 Å². The lowest BCUT2D eigenvalue weighted by atomic mass is 10.0. The largest absolute Gasteiger partial charge is 0.326 e. The molecular formula is C16H25N3. The molecule has 0 radical (unpaired) electrons. The van der Waals surface area contributed by atoms with Crippen molar-refractivity contribution in [3.63, 3.8) is 0 Å². The smallest absolute Gasteiger partial charge is 0.0233 e. The van der Waals surface area contributed by atoms with Crippen LogP contribution in [0.4, 0.5) is 0 Å². The number of nitrogens with zero attached hydrogens (tertiary/aromatic N) is 2. The second kappa shape index (κ2) is 6.04. The van der Waals surface area contributed by atoms with Gasteiger partial charge < -0.3 is 5.73 Å². The minimum Gasteiger partial charge on any atom is -0.326 e. The summed E-state index contributed by atoms with van der Waals surface area (Å²) in [6, 6.07) is 12.0. The van der Waals surface area contributed by atoms with Crippen molar-refractivity contribution in [1.82, 2.24) is 9.80 Å². The Morgan fingerprint density at radius 2 is 1.74 bits per heavy atom. The Balaban J connectivity index is 1.47. The fraction of sp³-hybridized carbons (Fsp3) is 0.625. The molecule has 1 aromatic carbocycles. The first-order valence-electron chi connectivity index (χ1n) is 7.57. The van der Waals surface area contributed by atoms with Crippen molar-refractivity contribution < 1.29 is 0 Å². The van der Waals surface area contributed by atoms with Gasteiger partial charge in [0.25, 0.3) is 0 Å². The second-order valence-corrected chi connectivity index (χ2v) is 6.04. The normalized spacial score (nSPS) is 26.9. The summed E-state index contributed by atoms with van der Waals surface area (Å²) in [5.74, 6) is 0. The molecule has 2 fully saturated rings. The van der Waals surface area contributed by atoms with Gasteiger partial charge in [-0.05, 0) is 37.9 Å². The monoisotopic (exact) mass is 259 g/mol. The number of nitrogens with two attached hydrogens (primary N) is 1. The third-order valence-electron chi connectivity index (χ3n) is 4.58. The first-order valence-corrected chi connectivity index (χ1v) is 7.57. The van der Waals surface area contributed by atoms with Crippen LogP contribution in [0, 0.1) is 0 Å². The van der Waals surface area contributed by atoms with Crippen molar-refractivity contribution in [3.8, 4) is 0 Å². The molecule has 3 heteroatoms. The van der Waals surface area contributed by atoms with Crippen LogP contribution in [0.5, 0.6) is 0 Å². The first kappa shape index (κ1) is 13.1. The van der Waals surface area contributed by atoms with Crippen LogP contribution in [0.1, 0.15) is 24.8 Å². The topological polar surface area (TPSA) is 32.5 Å². The van der Waals surface area contributed by atoms with Gasteiger partial charge in [-0.1, -0.05) is 30.3 Å². The molecule has 3 nitrogen and oxygen atoms in total. The van der Waals surface area contributed by atoms with Crippen LogP contribution in [0.2, 0.25) is 0 Å². The Hall–Kier alpha value is -0.900. The van der Waals surface area contributed by atoms with E-state index in [0.29, 0.717) is 6.04 Å². The quantitative estimate of drug-likeness (QED) is 0.896. The molecule has 19 heavy (non-hydrogen) atoms. The van der Waals surface area contributed by atoms with E-state index in [2.05, 4.69) is 40.1 Å². The molecule has 2 aliphatic rings. The molecule has 0 spiro atoms. The number of hydrogen-bond acceptors (Lipinski definition) is 3. The molecule has 3 rings (SSSR count). The second-order valence-electron chi connectivity index (χ2n) is 6.04. The number of rotatable bonds is 3. The third-order valence-corrected chi connectivity index (χ3v) is 4.58. The minimum absolute atomic E-state index is 0.419. The molecule has 0 aromatic heterocycles. The maximum atomic E-state index is 6.01. The van der Waals surface area contributed by atoms with E-state index in [9.17, 15) is 0 Å². The summed E-state index contributed by atoms with van der Waals surface area (Å²) in [4.78, 5) is 5.20. The van der Waals surface area contributed by atoms with Crippen molar-refractivity contribution >= 4 is 0 Å². The van der Waals surface area contributed by atoms with E-state index in [-0.39, 0.29) is 0 Å². The molecule has 2 heterocycles. The van der Waals surface area contributed by atoms with Crippen LogP contribution in [0.25, 0.3) is 0 Å². The van der Waals surface area contributed by atoms with Crippen LogP contribution >= 0.6 is 0 Å². The van der Waals surface area contributed by atoms with Gasteiger partial charge in [0.15, 0.2) is 0 Å². The highest BCUT2D eigenvalue weighted by atomic mass is 15.2. The zero-order valence-electron chi connectivity index (χ0n) is 11.7. The van der Waals surface area contributed by atoms with Gasteiger partial charge >= 0.3 is 0 Å². The molecule has 0 saturated carbocycles. The van der Waals surface area contributed by atoms with Crippen molar-refractivity contribution in [1.29, 1.82) is 0 Å². The van der Waals surface area contributed by atoms with Gasteiger partial charge in [-0.25, -0.2) is 0 Å². The molecule has 0 aliphatic carbocycles. The molecule has 1 aromatic rings. The van der Waals surface area contributed by atoms with E-state index in [1.807, 2.05) is 0 Å². The molecule has 2 aliphatic heterocycles. The first-order chi connectivity index (χ1) is 9.31. The SMILES string of the molecule is N[C@H]1CCN(C2CCN(Cc3ccccc3)CC2)C1. The molecular weight excluding hydrogens is 234 g/mol. The Bertz CT molecular complexity index is 384. The van der Waals surface area contributed by atoms with Crippen molar-refractivity contribution in [2.45, 2.75) is 37.9 Å². The molecule has 1 atom stereocenters. The van der Waals surface area contributed by atoms with E-state index >= 15 is 0 Å². The Morgan fingerprint density at radius 3 is 2.37 bits per heavy atom. The Labute approximate surface area is 116 Å².